The highest BCUT2D eigenvalue weighted by atomic mass is 16.3. The van der Waals surface area contributed by atoms with Gasteiger partial charge in [-0.15, -0.1) is 0 Å². The zero-order valence-corrected chi connectivity index (χ0v) is 26.8. The fourth-order valence-electron chi connectivity index (χ4n) is 8.93. The van der Waals surface area contributed by atoms with E-state index in [1.54, 1.807) is 0 Å². The van der Waals surface area contributed by atoms with E-state index in [0.29, 0.717) is 0 Å². The van der Waals surface area contributed by atoms with E-state index < -0.39 is 0 Å². The van der Waals surface area contributed by atoms with E-state index in [1.807, 2.05) is 0 Å². The fourth-order valence-corrected chi connectivity index (χ4v) is 8.93. The number of hydrogen-bond donors (Lipinski definition) is 0. The summed E-state index contributed by atoms with van der Waals surface area (Å²) in [5.74, 6) is 0. The monoisotopic (exact) mass is 634 g/mol. The van der Waals surface area contributed by atoms with Crippen LogP contribution in [0.5, 0.6) is 0 Å². The van der Waals surface area contributed by atoms with Crippen LogP contribution in [0.25, 0.3) is 121 Å². The minimum absolute atomic E-state index is 0.906. The minimum Gasteiger partial charge on any atom is -0.456 e. The molecule has 0 aliphatic heterocycles. The molecule has 1 aliphatic carbocycles. The Kier molecular flexibility index (Phi) is 5.00. The van der Waals surface area contributed by atoms with E-state index in [9.17, 15) is 0 Å². The first kappa shape index (κ1) is 26.3. The Bertz CT molecular complexity index is 3170. The molecule has 0 atom stereocenters. The summed E-state index contributed by atoms with van der Waals surface area (Å²) in [6.07, 6.45) is 0. The first-order valence-corrected chi connectivity index (χ1v) is 17.2. The van der Waals surface area contributed by atoms with Crippen LogP contribution in [0, 0.1) is 0 Å². The second-order valence-electron chi connectivity index (χ2n) is 13.5. The van der Waals surface area contributed by atoms with Gasteiger partial charge in [0, 0.05) is 32.5 Å². The number of benzene rings is 9. The zero-order valence-electron chi connectivity index (χ0n) is 26.8. The van der Waals surface area contributed by atoms with Crippen molar-refractivity contribution in [3.63, 3.8) is 0 Å². The molecule has 12 rings (SSSR count). The standard InChI is InChI=1S/C48H26O2/c1-2-9-28(10-3-1)41-32-11-4-6-13-34(32)42(35-14-7-5-12-33(35)41)29-19-17-27(18-20-29)31-23-24-37-36-15-8-16-38-44(36)46-39(49-38)25-21-30-22-26-40-47(43(30)46)45(37)48(31)50-40/h1-26H. The summed E-state index contributed by atoms with van der Waals surface area (Å²) in [4.78, 5) is 0. The summed E-state index contributed by atoms with van der Waals surface area (Å²) in [5, 5.41) is 12.2. The van der Waals surface area contributed by atoms with Crippen LogP contribution in [-0.2, 0) is 0 Å². The molecule has 2 aromatic heterocycles. The molecule has 0 spiro atoms. The lowest BCUT2D eigenvalue weighted by atomic mass is 9.85. The summed E-state index contributed by atoms with van der Waals surface area (Å²) in [6, 6.07) is 57.0. The first-order chi connectivity index (χ1) is 24.8. The van der Waals surface area contributed by atoms with Crippen molar-refractivity contribution in [1.29, 1.82) is 0 Å². The molecule has 0 bridgehead atoms. The van der Waals surface area contributed by atoms with Gasteiger partial charge in [-0.1, -0.05) is 133 Å². The van der Waals surface area contributed by atoms with Crippen molar-refractivity contribution in [3.8, 4) is 44.5 Å². The van der Waals surface area contributed by atoms with Crippen LogP contribution in [0.1, 0.15) is 0 Å². The lowest BCUT2D eigenvalue weighted by Crippen LogP contribution is -1.91. The predicted octanol–water partition coefficient (Wildman–Crippen LogP) is 13.9. The van der Waals surface area contributed by atoms with Gasteiger partial charge in [0.05, 0.1) is 0 Å². The van der Waals surface area contributed by atoms with E-state index in [-0.39, 0.29) is 0 Å². The van der Waals surface area contributed by atoms with Gasteiger partial charge in [-0.3, -0.25) is 0 Å². The topological polar surface area (TPSA) is 26.3 Å². The molecule has 11 aromatic rings. The SMILES string of the molecule is c1ccc(-c2c3ccccc3c(-c3ccc(-c4ccc5c6c4oc4ccc7ccc8oc9cccc-5c9c8c7c46)cc3)c3ccccc23)cc1. The number of hydrogen-bond acceptors (Lipinski definition) is 2. The maximum absolute atomic E-state index is 6.83. The Morgan fingerprint density at radius 1 is 0.280 bits per heavy atom. The normalized spacial score (nSPS) is 12.4. The van der Waals surface area contributed by atoms with Crippen LogP contribution >= 0.6 is 0 Å². The molecule has 0 unspecified atom stereocenters. The molecule has 0 fully saturated rings. The van der Waals surface area contributed by atoms with Crippen LogP contribution in [-0.4, -0.2) is 0 Å². The summed E-state index contributed by atoms with van der Waals surface area (Å²) >= 11 is 0. The number of rotatable bonds is 3. The van der Waals surface area contributed by atoms with E-state index in [1.165, 1.54) is 87.2 Å². The third-order valence-electron chi connectivity index (χ3n) is 11.0. The Morgan fingerprint density at radius 2 is 0.800 bits per heavy atom. The maximum atomic E-state index is 6.83. The Hall–Kier alpha value is -6.64. The molecule has 2 heterocycles. The molecule has 0 saturated carbocycles. The molecule has 1 aliphatic rings. The van der Waals surface area contributed by atoms with Crippen molar-refractivity contribution in [2.45, 2.75) is 0 Å². The van der Waals surface area contributed by atoms with Crippen molar-refractivity contribution in [2.75, 3.05) is 0 Å². The molecule has 0 radical (unpaired) electrons. The molecule has 230 valence electrons. The number of furan rings is 2. The highest BCUT2D eigenvalue weighted by Crippen LogP contribution is 2.52. The van der Waals surface area contributed by atoms with Crippen LogP contribution in [0.2, 0.25) is 0 Å². The molecule has 2 nitrogen and oxygen atoms in total. The Balaban J connectivity index is 1.10. The van der Waals surface area contributed by atoms with Crippen molar-refractivity contribution in [2.24, 2.45) is 0 Å². The largest absolute Gasteiger partial charge is 0.456 e. The van der Waals surface area contributed by atoms with Gasteiger partial charge in [0.2, 0.25) is 0 Å². The van der Waals surface area contributed by atoms with E-state index in [2.05, 4.69) is 158 Å². The second-order valence-corrected chi connectivity index (χ2v) is 13.5. The van der Waals surface area contributed by atoms with Crippen LogP contribution in [0.4, 0.5) is 0 Å². The van der Waals surface area contributed by atoms with E-state index >= 15 is 0 Å². The third kappa shape index (κ3) is 3.32. The molecule has 0 saturated heterocycles. The maximum Gasteiger partial charge on any atom is 0.143 e. The lowest BCUT2D eigenvalue weighted by molar-refractivity contribution is 0.669. The lowest BCUT2D eigenvalue weighted by Gasteiger charge is -2.18. The summed E-state index contributed by atoms with van der Waals surface area (Å²) in [6.45, 7) is 0. The van der Waals surface area contributed by atoms with E-state index in [4.69, 9.17) is 8.83 Å². The molecule has 9 aromatic carbocycles. The number of fused-ring (bicyclic) bond motifs is 3. The van der Waals surface area contributed by atoms with Gasteiger partial charge in [-0.25, -0.2) is 0 Å². The highest BCUT2D eigenvalue weighted by molar-refractivity contribution is 6.37. The van der Waals surface area contributed by atoms with Crippen LogP contribution < -0.4 is 0 Å². The van der Waals surface area contributed by atoms with Gasteiger partial charge in [0.1, 0.15) is 22.3 Å². The fraction of sp³-hybridized carbons (Fsp3) is 0. The average molecular weight is 635 g/mol. The molecular weight excluding hydrogens is 609 g/mol. The van der Waals surface area contributed by atoms with Crippen molar-refractivity contribution >= 4 is 76.2 Å². The highest BCUT2D eigenvalue weighted by Gasteiger charge is 2.26. The van der Waals surface area contributed by atoms with Gasteiger partial charge in [0.15, 0.2) is 0 Å². The summed E-state index contributed by atoms with van der Waals surface area (Å²) in [7, 11) is 0. The minimum atomic E-state index is 0.906. The average Bonchev–Trinajstić information content (AvgIpc) is 3.72. The quantitative estimate of drug-likeness (QED) is 0.181. The second kappa shape index (κ2) is 9.49. The molecule has 0 amide bonds. The third-order valence-corrected chi connectivity index (χ3v) is 11.0. The van der Waals surface area contributed by atoms with Crippen molar-refractivity contribution in [3.05, 3.63) is 158 Å². The van der Waals surface area contributed by atoms with Crippen LogP contribution in [0.3, 0.4) is 0 Å². The molecule has 2 heteroatoms. The van der Waals surface area contributed by atoms with Gasteiger partial charge < -0.3 is 8.83 Å². The molecular formula is C48H26O2. The summed E-state index contributed by atoms with van der Waals surface area (Å²) in [5.41, 5.74) is 13.3. The Labute approximate surface area is 286 Å². The predicted molar refractivity (Wildman–Crippen MR) is 209 cm³/mol. The van der Waals surface area contributed by atoms with Crippen LogP contribution in [0.15, 0.2) is 167 Å². The van der Waals surface area contributed by atoms with Gasteiger partial charge in [-0.05, 0) is 90.1 Å². The van der Waals surface area contributed by atoms with Crippen molar-refractivity contribution < 1.29 is 8.83 Å². The summed E-state index contributed by atoms with van der Waals surface area (Å²) < 4.78 is 13.2. The van der Waals surface area contributed by atoms with Gasteiger partial charge in [-0.2, -0.15) is 0 Å². The van der Waals surface area contributed by atoms with Crippen molar-refractivity contribution in [1.82, 2.24) is 0 Å². The zero-order chi connectivity index (χ0) is 32.5. The Morgan fingerprint density at radius 3 is 1.48 bits per heavy atom. The smallest absolute Gasteiger partial charge is 0.143 e. The van der Waals surface area contributed by atoms with E-state index in [0.717, 1.165) is 33.5 Å². The first-order valence-electron chi connectivity index (χ1n) is 17.2. The molecule has 0 N–H and O–H groups in total. The van der Waals surface area contributed by atoms with Gasteiger partial charge >= 0.3 is 0 Å². The molecule has 50 heavy (non-hydrogen) atoms. The van der Waals surface area contributed by atoms with Gasteiger partial charge in [0.25, 0.3) is 0 Å².